The molecule has 3 atom stereocenters. The number of rotatable bonds is 10. The Balaban J connectivity index is 2.03. The molecule has 1 saturated heterocycles. The number of aliphatic hydroxyl groups excluding tert-OH is 1. The third kappa shape index (κ3) is 6.48. The third-order valence-corrected chi connectivity index (χ3v) is 5.20. The lowest BCUT2D eigenvalue weighted by Gasteiger charge is -2.32. The zero-order chi connectivity index (χ0) is 20.4. The molecule has 0 aliphatic carbocycles. The molecule has 28 heavy (non-hydrogen) atoms. The minimum Gasteiger partial charge on any atom is -0.445 e. The number of hydrogen-bond acceptors (Lipinski definition) is 4. The van der Waals surface area contributed by atoms with Crippen LogP contribution in [0.1, 0.15) is 64.4 Å². The van der Waals surface area contributed by atoms with Crippen molar-refractivity contribution in [2.75, 3.05) is 0 Å². The van der Waals surface area contributed by atoms with Crippen molar-refractivity contribution in [2.24, 2.45) is 0 Å². The van der Waals surface area contributed by atoms with Crippen LogP contribution in [0, 0.1) is 0 Å². The maximum absolute atomic E-state index is 12.8. The molecule has 0 bridgehead atoms. The minimum atomic E-state index is -0.551. The van der Waals surface area contributed by atoms with Crippen LogP contribution in [0.5, 0.6) is 0 Å². The molecule has 0 saturated carbocycles. The Kier molecular flexibility index (Phi) is 9.21. The van der Waals surface area contributed by atoms with Crippen molar-refractivity contribution in [3.05, 3.63) is 48.0 Å². The van der Waals surface area contributed by atoms with Gasteiger partial charge in [-0.2, -0.15) is 0 Å². The van der Waals surface area contributed by atoms with Gasteiger partial charge in [-0.1, -0.05) is 56.7 Å². The third-order valence-electron chi connectivity index (χ3n) is 5.20. The number of nitrogens with zero attached hydrogens (tertiary/aromatic N) is 1. The molecule has 1 fully saturated rings. The van der Waals surface area contributed by atoms with E-state index < -0.39 is 6.10 Å². The molecular weight excluding hydrogens is 354 g/mol. The Morgan fingerprint density at radius 1 is 1.21 bits per heavy atom. The quantitative estimate of drug-likeness (QED) is 0.594. The summed E-state index contributed by atoms with van der Waals surface area (Å²) in [6.07, 6.45) is 7.58. The summed E-state index contributed by atoms with van der Waals surface area (Å²) in [6.45, 7) is 4.22. The molecule has 0 aromatic heterocycles. The van der Waals surface area contributed by atoms with Gasteiger partial charge in [-0.15, -0.1) is 0 Å². The number of aliphatic hydroxyl groups is 1. The minimum absolute atomic E-state index is 0.0505. The molecular formula is C23H33NO4. The molecule has 2 rings (SSSR count). The van der Waals surface area contributed by atoms with Gasteiger partial charge in [0.05, 0.1) is 12.1 Å². The van der Waals surface area contributed by atoms with Crippen molar-refractivity contribution < 1.29 is 19.4 Å². The van der Waals surface area contributed by atoms with Crippen LogP contribution in [-0.4, -0.2) is 40.1 Å². The summed E-state index contributed by atoms with van der Waals surface area (Å²) in [7, 11) is 0. The fourth-order valence-electron chi connectivity index (χ4n) is 3.77. The topological polar surface area (TPSA) is 66.8 Å². The average molecular weight is 388 g/mol. The molecule has 5 heteroatoms. The van der Waals surface area contributed by atoms with Crippen molar-refractivity contribution in [1.82, 2.24) is 4.90 Å². The molecule has 154 valence electrons. The van der Waals surface area contributed by atoms with Gasteiger partial charge in [-0.05, 0) is 43.7 Å². The lowest BCUT2D eigenvalue weighted by molar-refractivity contribution is -0.114. The van der Waals surface area contributed by atoms with Crippen molar-refractivity contribution >= 4 is 11.9 Å². The number of hydrogen-bond donors (Lipinski definition) is 1. The smallest absolute Gasteiger partial charge is 0.410 e. The fourth-order valence-corrected chi connectivity index (χ4v) is 3.77. The van der Waals surface area contributed by atoms with E-state index in [4.69, 9.17) is 4.74 Å². The standard InChI is InChI=1S/C23H33NO4/c1-3-9-20(25)14-8-13-19-15-16-21(22(26)10-4-2)24(19)23(27)28-17-18-11-6-5-7-12-18/h5-8,11-12,14,19,21-22,26H,3-4,9-10,13,15-17H2,1-2H3/b14-8+/t19-,21-,22-/m0/s1. The first kappa shape index (κ1) is 22.2. The van der Waals surface area contributed by atoms with Crippen LogP contribution in [-0.2, 0) is 16.1 Å². The monoisotopic (exact) mass is 387 g/mol. The molecule has 1 amide bonds. The van der Waals surface area contributed by atoms with E-state index in [-0.39, 0.29) is 30.6 Å². The number of carbonyl (C=O) groups excluding carboxylic acids is 2. The summed E-state index contributed by atoms with van der Waals surface area (Å²) in [5.41, 5.74) is 0.933. The molecule has 5 nitrogen and oxygen atoms in total. The van der Waals surface area contributed by atoms with E-state index in [0.717, 1.165) is 31.2 Å². The van der Waals surface area contributed by atoms with Gasteiger partial charge in [0.25, 0.3) is 0 Å². The average Bonchev–Trinajstić information content (AvgIpc) is 3.11. The Bertz CT molecular complexity index is 643. The zero-order valence-corrected chi connectivity index (χ0v) is 17.0. The Hall–Kier alpha value is -2.14. The Morgan fingerprint density at radius 3 is 2.64 bits per heavy atom. The normalized spacial score (nSPS) is 20.5. The number of likely N-dealkylation sites (tertiary alicyclic amines) is 1. The number of ketones is 1. The molecule has 1 aliphatic rings. The number of amides is 1. The van der Waals surface area contributed by atoms with Gasteiger partial charge in [0.15, 0.2) is 5.78 Å². The summed E-state index contributed by atoms with van der Waals surface area (Å²) >= 11 is 0. The van der Waals surface area contributed by atoms with Crippen molar-refractivity contribution in [2.45, 2.75) is 83.6 Å². The predicted molar refractivity (Wildman–Crippen MR) is 110 cm³/mol. The molecule has 1 N–H and O–H groups in total. The van der Waals surface area contributed by atoms with Crippen LogP contribution in [0.25, 0.3) is 0 Å². The van der Waals surface area contributed by atoms with Crippen LogP contribution >= 0.6 is 0 Å². The lowest BCUT2D eigenvalue weighted by Crippen LogP contribution is -2.46. The van der Waals surface area contributed by atoms with E-state index in [1.165, 1.54) is 0 Å². The highest BCUT2D eigenvalue weighted by Gasteiger charge is 2.40. The summed E-state index contributed by atoms with van der Waals surface area (Å²) in [5, 5.41) is 10.5. The van der Waals surface area contributed by atoms with Gasteiger partial charge in [0, 0.05) is 12.5 Å². The van der Waals surface area contributed by atoms with Crippen molar-refractivity contribution in [3.63, 3.8) is 0 Å². The molecule has 0 radical (unpaired) electrons. The summed E-state index contributed by atoms with van der Waals surface area (Å²) in [4.78, 5) is 26.3. The van der Waals surface area contributed by atoms with E-state index in [0.29, 0.717) is 19.3 Å². The zero-order valence-electron chi connectivity index (χ0n) is 17.0. The second-order valence-electron chi connectivity index (χ2n) is 7.46. The van der Waals surface area contributed by atoms with Gasteiger partial charge in [-0.25, -0.2) is 4.79 Å². The highest BCUT2D eigenvalue weighted by atomic mass is 16.6. The number of ether oxygens (including phenoxy) is 1. The SMILES string of the molecule is CCCC(=O)/C=C/C[C@H]1CC[C@@H]([C@@H](O)CCC)N1C(=O)OCc1ccccc1. The molecule has 1 aromatic carbocycles. The summed E-state index contributed by atoms with van der Waals surface area (Å²) in [6, 6.07) is 9.30. The highest BCUT2D eigenvalue weighted by molar-refractivity contribution is 5.89. The molecule has 0 spiro atoms. The first-order valence-electron chi connectivity index (χ1n) is 10.4. The van der Waals surface area contributed by atoms with Crippen LogP contribution < -0.4 is 0 Å². The second kappa shape index (κ2) is 11.6. The van der Waals surface area contributed by atoms with E-state index in [2.05, 4.69) is 0 Å². The molecule has 1 aliphatic heterocycles. The predicted octanol–water partition coefficient (Wildman–Crippen LogP) is 4.63. The Morgan fingerprint density at radius 2 is 1.96 bits per heavy atom. The molecule has 1 aromatic rings. The maximum Gasteiger partial charge on any atom is 0.410 e. The highest BCUT2D eigenvalue weighted by Crippen LogP contribution is 2.31. The first-order chi connectivity index (χ1) is 13.6. The van der Waals surface area contributed by atoms with Crippen molar-refractivity contribution in [3.8, 4) is 0 Å². The van der Waals surface area contributed by atoms with E-state index in [1.54, 1.807) is 11.0 Å². The maximum atomic E-state index is 12.8. The second-order valence-corrected chi connectivity index (χ2v) is 7.46. The van der Waals surface area contributed by atoms with E-state index in [1.807, 2.05) is 50.3 Å². The number of allylic oxidation sites excluding steroid dienone is 1. The van der Waals surface area contributed by atoms with Crippen LogP contribution in [0.4, 0.5) is 4.79 Å². The Labute approximate surface area is 168 Å². The van der Waals surface area contributed by atoms with E-state index >= 15 is 0 Å². The van der Waals surface area contributed by atoms with Crippen LogP contribution in [0.3, 0.4) is 0 Å². The lowest BCUT2D eigenvalue weighted by atomic mass is 10.0. The molecule has 1 heterocycles. The van der Waals surface area contributed by atoms with Gasteiger partial charge in [0.2, 0.25) is 0 Å². The number of carbonyl (C=O) groups is 2. The van der Waals surface area contributed by atoms with Gasteiger partial charge in [-0.3, -0.25) is 9.69 Å². The van der Waals surface area contributed by atoms with Crippen LogP contribution in [0.15, 0.2) is 42.5 Å². The fraction of sp³-hybridized carbons (Fsp3) is 0.565. The van der Waals surface area contributed by atoms with Gasteiger partial charge >= 0.3 is 6.09 Å². The van der Waals surface area contributed by atoms with Gasteiger partial charge < -0.3 is 9.84 Å². The summed E-state index contributed by atoms with van der Waals surface area (Å²) < 4.78 is 5.55. The summed E-state index contributed by atoms with van der Waals surface area (Å²) in [5.74, 6) is 0.112. The largest absolute Gasteiger partial charge is 0.445 e. The van der Waals surface area contributed by atoms with E-state index in [9.17, 15) is 14.7 Å². The first-order valence-corrected chi connectivity index (χ1v) is 10.4. The van der Waals surface area contributed by atoms with Crippen LogP contribution in [0.2, 0.25) is 0 Å². The van der Waals surface area contributed by atoms with Crippen molar-refractivity contribution in [1.29, 1.82) is 0 Å². The van der Waals surface area contributed by atoms with Gasteiger partial charge in [0.1, 0.15) is 6.61 Å². The molecule has 0 unspecified atom stereocenters. The number of benzene rings is 1.